The highest BCUT2D eigenvalue weighted by Gasteiger charge is 2.13. The van der Waals surface area contributed by atoms with Gasteiger partial charge in [0.2, 0.25) is 0 Å². The van der Waals surface area contributed by atoms with Gasteiger partial charge in [0, 0.05) is 0 Å². The lowest BCUT2D eigenvalue weighted by atomic mass is 10.2. The zero-order valence-electron chi connectivity index (χ0n) is 8.55. The second-order valence-electron chi connectivity index (χ2n) is 3.39. The first-order valence-electron chi connectivity index (χ1n) is 4.68. The Morgan fingerprint density at radius 2 is 2.00 bits per heavy atom. The molecule has 0 fully saturated rings. The third-order valence-electron chi connectivity index (χ3n) is 2.35. The van der Waals surface area contributed by atoms with Crippen molar-refractivity contribution in [2.45, 2.75) is 27.2 Å². The van der Waals surface area contributed by atoms with Crippen LogP contribution in [-0.4, -0.2) is 20.1 Å². The van der Waals surface area contributed by atoms with E-state index in [9.17, 15) is 5.11 Å². The molecule has 74 valence electrons. The second-order valence-corrected chi connectivity index (χ2v) is 3.39. The summed E-state index contributed by atoms with van der Waals surface area (Å²) in [5.74, 6) is 1.01. The number of aromatic nitrogens is 3. The Kier molecular flexibility index (Phi) is 1.91. The minimum atomic E-state index is 0.292. The number of aryl methyl sites for hydroxylation is 3. The molecule has 0 unspecified atom stereocenters. The third-order valence-corrected chi connectivity index (χ3v) is 2.35. The third kappa shape index (κ3) is 1.14. The Balaban J connectivity index is 2.85. The van der Waals surface area contributed by atoms with Crippen molar-refractivity contribution in [3.63, 3.8) is 0 Å². The largest absolute Gasteiger partial charge is 0.505 e. The summed E-state index contributed by atoms with van der Waals surface area (Å²) in [4.78, 5) is 11.6. The molecule has 2 aromatic rings. The maximum atomic E-state index is 9.85. The van der Waals surface area contributed by atoms with Crippen molar-refractivity contribution in [2.75, 3.05) is 0 Å². The fourth-order valence-corrected chi connectivity index (χ4v) is 1.70. The molecular formula is C10H13N3O. The molecule has 0 bridgehead atoms. The highest BCUT2D eigenvalue weighted by Crippen LogP contribution is 2.29. The van der Waals surface area contributed by atoms with E-state index in [0.29, 0.717) is 5.75 Å². The molecule has 0 saturated heterocycles. The van der Waals surface area contributed by atoms with Crippen molar-refractivity contribution in [1.82, 2.24) is 15.0 Å². The highest BCUT2D eigenvalue weighted by atomic mass is 16.3. The summed E-state index contributed by atoms with van der Waals surface area (Å²) in [5.41, 5.74) is 2.37. The fraction of sp³-hybridized carbons (Fsp3) is 0.400. The van der Waals surface area contributed by atoms with E-state index in [2.05, 4.69) is 15.0 Å². The topological polar surface area (TPSA) is 61.8 Å². The van der Waals surface area contributed by atoms with Crippen molar-refractivity contribution in [1.29, 1.82) is 0 Å². The summed E-state index contributed by atoms with van der Waals surface area (Å²) < 4.78 is 0. The average Bonchev–Trinajstić information content (AvgIpc) is 2.42. The molecular weight excluding hydrogens is 178 g/mol. The Bertz CT molecular complexity index is 488. The van der Waals surface area contributed by atoms with Crippen molar-refractivity contribution < 1.29 is 5.11 Å². The summed E-state index contributed by atoms with van der Waals surface area (Å²) in [5, 5.41) is 10.6. The number of aromatic amines is 1. The lowest BCUT2D eigenvalue weighted by molar-refractivity contribution is 0.474. The average molecular weight is 191 g/mol. The Morgan fingerprint density at radius 1 is 1.29 bits per heavy atom. The maximum Gasteiger partial charge on any atom is 0.147 e. The molecule has 2 aromatic heterocycles. The molecule has 0 atom stereocenters. The van der Waals surface area contributed by atoms with Gasteiger partial charge in [-0.2, -0.15) is 0 Å². The fourth-order valence-electron chi connectivity index (χ4n) is 1.70. The summed E-state index contributed by atoms with van der Waals surface area (Å²) in [7, 11) is 0. The van der Waals surface area contributed by atoms with Gasteiger partial charge in [0.15, 0.2) is 0 Å². The number of nitrogens with one attached hydrogen (secondary N) is 1. The van der Waals surface area contributed by atoms with Gasteiger partial charge in [0.25, 0.3) is 0 Å². The number of hydrogen-bond acceptors (Lipinski definition) is 3. The monoisotopic (exact) mass is 191 g/mol. The molecule has 0 saturated carbocycles. The van der Waals surface area contributed by atoms with Gasteiger partial charge in [-0.05, 0) is 20.3 Å². The van der Waals surface area contributed by atoms with Gasteiger partial charge in [-0.3, -0.25) is 0 Å². The zero-order valence-corrected chi connectivity index (χ0v) is 8.55. The van der Waals surface area contributed by atoms with Crippen LogP contribution in [0.15, 0.2) is 0 Å². The molecule has 0 spiro atoms. The number of fused-ring (bicyclic) bond motifs is 1. The van der Waals surface area contributed by atoms with E-state index < -0.39 is 0 Å². The Hall–Kier alpha value is -1.58. The van der Waals surface area contributed by atoms with Gasteiger partial charge < -0.3 is 10.1 Å². The van der Waals surface area contributed by atoms with Crippen molar-refractivity contribution in [3.8, 4) is 5.75 Å². The molecule has 2 rings (SSSR count). The van der Waals surface area contributed by atoms with E-state index in [4.69, 9.17) is 0 Å². The van der Waals surface area contributed by atoms with Crippen LogP contribution in [0.5, 0.6) is 5.75 Å². The van der Waals surface area contributed by atoms with Crippen LogP contribution in [0, 0.1) is 13.8 Å². The van der Waals surface area contributed by atoms with Crippen LogP contribution in [0.2, 0.25) is 0 Å². The molecule has 4 heteroatoms. The lowest BCUT2D eigenvalue weighted by Gasteiger charge is -1.97. The molecule has 4 nitrogen and oxygen atoms in total. The van der Waals surface area contributed by atoms with Crippen LogP contribution in [0.25, 0.3) is 11.0 Å². The van der Waals surface area contributed by atoms with Gasteiger partial charge in [0.05, 0.1) is 16.8 Å². The number of nitrogens with zero attached hydrogens (tertiary/aromatic N) is 2. The summed E-state index contributed by atoms with van der Waals surface area (Å²) >= 11 is 0. The minimum Gasteiger partial charge on any atom is -0.505 e. The SMILES string of the molecule is CCc1[nH]c2nc(C)nc(C)c2c1O. The van der Waals surface area contributed by atoms with Gasteiger partial charge in [0.1, 0.15) is 17.2 Å². The quantitative estimate of drug-likeness (QED) is 0.723. The molecule has 0 aliphatic carbocycles. The van der Waals surface area contributed by atoms with E-state index in [-0.39, 0.29) is 0 Å². The number of rotatable bonds is 1. The zero-order chi connectivity index (χ0) is 10.3. The lowest BCUT2D eigenvalue weighted by Crippen LogP contribution is -1.91. The van der Waals surface area contributed by atoms with E-state index in [1.807, 2.05) is 20.8 Å². The smallest absolute Gasteiger partial charge is 0.147 e. The second kappa shape index (κ2) is 2.97. The van der Waals surface area contributed by atoms with E-state index in [1.54, 1.807) is 0 Å². The van der Waals surface area contributed by atoms with E-state index >= 15 is 0 Å². The summed E-state index contributed by atoms with van der Waals surface area (Å²) in [6, 6.07) is 0. The maximum absolute atomic E-state index is 9.85. The van der Waals surface area contributed by atoms with Crippen LogP contribution in [0.1, 0.15) is 24.1 Å². The predicted molar refractivity (Wildman–Crippen MR) is 54.4 cm³/mol. The van der Waals surface area contributed by atoms with Crippen molar-refractivity contribution >= 4 is 11.0 Å². The van der Waals surface area contributed by atoms with Gasteiger partial charge in [-0.25, -0.2) is 9.97 Å². The van der Waals surface area contributed by atoms with Gasteiger partial charge in [-0.15, -0.1) is 0 Å². The summed E-state index contributed by atoms with van der Waals surface area (Å²) in [6.45, 7) is 5.71. The molecule has 0 amide bonds. The minimum absolute atomic E-state index is 0.292. The molecule has 0 aliphatic rings. The van der Waals surface area contributed by atoms with E-state index in [0.717, 1.165) is 34.7 Å². The number of H-pyrrole nitrogens is 1. The van der Waals surface area contributed by atoms with Crippen LogP contribution >= 0.6 is 0 Å². The Morgan fingerprint density at radius 3 is 2.64 bits per heavy atom. The first-order chi connectivity index (χ1) is 6.63. The summed E-state index contributed by atoms with van der Waals surface area (Å²) in [6.07, 6.45) is 0.765. The van der Waals surface area contributed by atoms with Crippen LogP contribution < -0.4 is 0 Å². The van der Waals surface area contributed by atoms with E-state index in [1.165, 1.54) is 0 Å². The molecule has 2 N–H and O–H groups in total. The highest BCUT2D eigenvalue weighted by molar-refractivity contribution is 5.86. The van der Waals surface area contributed by atoms with Gasteiger partial charge >= 0.3 is 0 Å². The number of aromatic hydroxyl groups is 1. The predicted octanol–water partition coefficient (Wildman–Crippen LogP) is 1.84. The normalized spacial score (nSPS) is 11.1. The van der Waals surface area contributed by atoms with Crippen molar-refractivity contribution in [3.05, 3.63) is 17.2 Å². The molecule has 0 radical (unpaired) electrons. The van der Waals surface area contributed by atoms with Crippen LogP contribution in [-0.2, 0) is 6.42 Å². The first kappa shape index (κ1) is 8.99. The first-order valence-corrected chi connectivity index (χ1v) is 4.68. The van der Waals surface area contributed by atoms with Crippen molar-refractivity contribution in [2.24, 2.45) is 0 Å². The molecule has 0 aromatic carbocycles. The van der Waals surface area contributed by atoms with Crippen LogP contribution in [0.4, 0.5) is 0 Å². The standard InChI is InChI=1S/C10H13N3O/c1-4-7-9(14)8-5(2)11-6(3)12-10(8)13-7/h14H,4H2,1-3H3,(H,11,12,13). The van der Waals surface area contributed by atoms with Crippen LogP contribution in [0.3, 0.4) is 0 Å². The molecule has 14 heavy (non-hydrogen) atoms. The van der Waals surface area contributed by atoms with Gasteiger partial charge in [-0.1, -0.05) is 6.92 Å². The molecule has 2 heterocycles. The number of hydrogen-bond donors (Lipinski definition) is 2. The Labute approximate surface area is 82.0 Å². The molecule has 0 aliphatic heterocycles.